The molecule has 0 aliphatic carbocycles. The first kappa shape index (κ1) is 16.8. The molecule has 23 heavy (non-hydrogen) atoms. The number of carbonyl (C=O) groups excluding carboxylic acids is 1. The van der Waals surface area contributed by atoms with E-state index >= 15 is 0 Å². The molecule has 1 heterocycles. The van der Waals surface area contributed by atoms with Crippen molar-refractivity contribution < 1.29 is 9.53 Å². The summed E-state index contributed by atoms with van der Waals surface area (Å²) < 4.78 is 5.84. The van der Waals surface area contributed by atoms with Crippen molar-refractivity contribution in [3.8, 4) is 5.75 Å². The SMILES string of the molecule is CC(NC(=O)NCc1ccccn1)Oc1ccccc1C(C)C. The fourth-order valence-corrected chi connectivity index (χ4v) is 2.19. The van der Waals surface area contributed by atoms with Gasteiger partial charge in [-0.05, 0) is 36.6 Å². The Morgan fingerprint density at radius 3 is 2.57 bits per heavy atom. The normalized spacial score (nSPS) is 11.8. The van der Waals surface area contributed by atoms with Crippen LogP contribution in [0.5, 0.6) is 5.75 Å². The van der Waals surface area contributed by atoms with E-state index in [-0.39, 0.29) is 6.03 Å². The second-order valence-electron chi connectivity index (χ2n) is 5.60. The third-order valence-electron chi connectivity index (χ3n) is 3.34. The van der Waals surface area contributed by atoms with Gasteiger partial charge in [-0.25, -0.2) is 4.79 Å². The third-order valence-corrected chi connectivity index (χ3v) is 3.34. The van der Waals surface area contributed by atoms with E-state index in [4.69, 9.17) is 4.74 Å². The number of aromatic nitrogens is 1. The van der Waals surface area contributed by atoms with Crippen LogP contribution in [0.25, 0.3) is 0 Å². The van der Waals surface area contributed by atoms with Crippen molar-refractivity contribution in [2.45, 2.75) is 39.5 Å². The van der Waals surface area contributed by atoms with Crippen molar-refractivity contribution in [3.63, 3.8) is 0 Å². The average molecular weight is 313 g/mol. The highest BCUT2D eigenvalue weighted by Crippen LogP contribution is 2.26. The molecule has 2 amide bonds. The molecule has 0 saturated carbocycles. The Morgan fingerprint density at radius 1 is 1.13 bits per heavy atom. The number of para-hydroxylation sites is 1. The van der Waals surface area contributed by atoms with Crippen molar-refractivity contribution in [2.24, 2.45) is 0 Å². The van der Waals surface area contributed by atoms with Gasteiger partial charge in [-0.1, -0.05) is 38.1 Å². The first-order valence-corrected chi connectivity index (χ1v) is 7.76. The van der Waals surface area contributed by atoms with E-state index in [1.165, 1.54) is 0 Å². The monoisotopic (exact) mass is 313 g/mol. The van der Waals surface area contributed by atoms with Crippen LogP contribution in [-0.4, -0.2) is 17.2 Å². The predicted octanol–water partition coefficient (Wildman–Crippen LogP) is 3.43. The number of benzene rings is 1. The summed E-state index contributed by atoms with van der Waals surface area (Å²) in [5.41, 5.74) is 1.93. The highest BCUT2D eigenvalue weighted by atomic mass is 16.5. The van der Waals surface area contributed by atoms with Gasteiger partial charge in [0.2, 0.25) is 0 Å². The molecule has 0 radical (unpaired) electrons. The standard InChI is InChI=1S/C18H23N3O2/c1-13(2)16-9-4-5-10-17(16)23-14(3)21-18(22)20-12-15-8-6-7-11-19-15/h4-11,13-14H,12H2,1-3H3,(H2,20,21,22). The fraction of sp³-hybridized carbons (Fsp3) is 0.333. The summed E-state index contributed by atoms with van der Waals surface area (Å²) in [6.45, 7) is 6.40. The molecule has 5 nitrogen and oxygen atoms in total. The maximum absolute atomic E-state index is 11.9. The van der Waals surface area contributed by atoms with Crippen LogP contribution < -0.4 is 15.4 Å². The summed E-state index contributed by atoms with van der Waals surface area (Å²) in [5.74, 6) is 1.15. The zero-order chi connectivity index (χ0) is 16.7. The second kappa shape index (κ2) is 8.17. The molecule has 0 aliphatic rings. The molecule has 0 fully saturated rings. The molecule has 0 aliphatic heterocycles. The molecule has 1 atom stereocenters. The van der Waals surface area contributed by atoms with Gasteiger partial charge in [-0.15, -0.1) is 0 Å². The Labute approximate surface area is 137 Å². The predicted molar refractivity (Wildman–Crippen MR) is 90.2 cm³/mol. The molecule has 1 aromatic heterocycles. The molecule has 5 heteroatoms. The number of carbonyl (C=O) groups is 1. The van der Waals surface area contributed by atoms with Gasteiger partial charge in [-0.2, -0.15) is 0 Å². The number of rotatable bonds is 6. The summed E-state index contributed by atoms with van der Waals surface area (Å²) in [7, 11) is 0. The smallest absolute Gasteiger partial charge is 0.317 e. The van der Waals surface area contributed by atoms with Crippen LogP contribution in [0.3, 0.4) is 0 Å². The number of ether oxygens (including phenoxy) is 1. The molecule has 0 saturated heterocycles. The maximum Gasteiger partial charge on any atom is 0.317 e. The summed E-state index contributed by atoms with van der Waals surface area (Å²) in [5, 5.41) is 5.53. The Bertz CT molecular complexity index is 629. The van der Waals surface area contributed by atoms with Crippen LogP contribution in [0.15, 0.2) is 48.7 Å². The van der Waals surface area contributed by atoms with Gasteiger partial charge in [0, 0.05) is 6.20 Å². The Hall–Kier alpha value is -2.56. The topological polar surface area (TPSA) is 63.2 Å². The first-order chi connectivity index (χ1) is 11.1. The van der Waals surface area contributed by atoms with Crippen LogP contribution in [0.4, 0.5) is 4.79 Å². The molecular weight excluding hydrogens is 290 g/mol. The third kappa shape index (κ3) is 5.29. The molecule has 2 rings (SSSR count). The number of nitrogens with zero attached hydrogens (tertiary/aromatic N) is 1. The zero-order valence-electron chi connectivity index (χ0n) is 13.7. The number of hydrogen-bond donors (Lipinski definition) is 2. The van der Waals surface area contributed by atoms with E-state index in [9.17, 15) is 4.79 Å². The lowest BCUT2D eigenvalue weighted by Gasteiger charge is -2.20. The highest BCUT2D eigenvalue weighted by Gasteiger charge is 2.12. The molecular formula is C18H23N3O2. The van der Waals surface area contributed by atoms with Crippen LogP contribution in [-0.2, 0) is 6.54 Å². The molecule has 2 aromatic rings. The number of hydrogen-bond acceptors (Lipinski definition) is 3. The highest BCUT2D eigenvalue weighted by molar-refractivity contribution is 5.73. The Morgan fingerprint density at radius 2 is 1.87 bits per heavy atom. The minimum atomic E-state index is -0.432. The minimum Gasteiger partial charge on any atom is -0.471 e. The van der Waals surface area contributed by atoms with Crippen molar-refractivity contribution in [2.75, 3.05) is 0 Å². The average Bonchev–Trinajstić information content (AvgIpc) is 2.54. The van der Waals surface area contributed by atoms with Gasteiger partial charge in [0.1, 0.15) is 5.75 Å². The lowest BCUT2D eigenvalue weighted by molar-refractivity contribution is 0.175. The Kier molecular flexibility index (Phi) is 5.97. The maximum atomic E-state index is 11.9. The van der Waals surface area contributed by atoms with Crippen LogP contribution in [0.1, 0.15) is 37.9 Å². The molecule has 1 aromatic carbocycles. The summed E-state index contributed by atoms with van der Waals surface area (Å²) in [6.07, 6.45) is 1.27. The molecule has 0 spiro atoms. The summed E-state index contributed by atoms with van der Waals surface area (Å²) in [4.78, 5) is 16.1. The van der Waals surface area contributed by atoms with Crippen molar-refractivity contribution in [3.05, 3.63) is 59.9 Å². The van der Waals surface area contributed by atoms with Crippen LogP contribution in [0.2, 0.25) is 0 Å². The van der Waals surface area contributed by atoms with Crippen molar-refractivity contribution in [1.82, 2.24) is 15.6 Å². The van der Waals surface area contributed by atoms with E-state index in [2.05, 4.69) is 29.5 Å². The van der Waals surface area contributed by atoms with E-state index in [0.717, 1.165) is 17.0 Å². The quantitative estimate of drug-likeness (QED) is 0.803. The molecule has 2 N–H and O–H groups in total. The van der Waals surface area contributed by atoms with Gasteiger partial charge in [-0.3, -0.25) is 4.98 Å². The first-order valence-electron chi connectivity index (χ1n) is 7.76. The van der Waals surface area contributed by atoms with Gasteiger partial charge < -0.3 is 15.4 Å². The number of pyridine rings is 1. The van der Waals surface area contributed by atoms with Gasteiger partial charge in [0.05, 0.1) is 12.2 Å². The van der Waals surface area contributed by atoms with Gasteiger partial charge >= 0.3 is 6.03 Å². The largest absolute Gasteiger partial charge is 0.471 e. The molecule has 0 bridgehead atoms. The van der Waals surface area contributed by atoms with E-state index in [1.807, 2.05) is 42.5 Å². The van der Waals surface area contributed by atoms with Crippen LogP contribution >= 0.6 is 0 Å². The van der Waals surface area contributed by atoms with Crippen molar-refractivity contribution in [1.29, 1.82) is 0 Å². The number of nitrogens with one attached hydrogen (secondary N) is 2. The van der Waals surface area contributed by atoms with Gasteiger partial charge in [0.15, 0.2) is 6.23 Å². The molecule has 122 valence electrons. The fourth-order valence-electron chi connectivity index (χ4n) is 2.19. The Balaban J connectivity index is 1.85. The van der Waals surface area contributed by atoms with Crippen LogP contribution in [0, 0.1) is 0 Å². The van der Waals surface area contributed by atoms with Gasteiger partial charge in [0.25, 0.3) is 0 Å². The number of urea groups is 1. The summed E-state index contributed by atoms with van der Waals surface area (Å²) in [6, 6.07) is 13.2. The minimum absolute atomic E-state index is 0.287. The van der Waals surface area contributed by atoms with E-state index in [1.54, 1.807) is 13.1 Å². The molecule has 1 unspecified atom stereocenters. The second-order valence-corrected chi connectivity index (χ2v) is 5.60. The lowest BCUT2D eigenvalue weighted by atomic mass is 10.0. The van der Waals surface area contributed by atoms with E-state index < -0.39 is 6.23 Å². The lowest BCUT2D eigenvalue weighted by Crippen LogP contribution is -2.43. The summed E-state index contributed by atoms with van der Waals surface area (Å²) >= 11 is 0. The van der Waals surface area contributed by atoms with Crippen molar-refractivity contribution >= 4 is 6.03 Å². The van der Waals surface area contributed by atoms with E-state index in [0.29, 0.717) is 12.5 Å². The number of amides is 2. The zero-order valence-corrected chi connectivity index (χ0v) is 13.7.